The molecule has 1 aromatic carbocycles. The molecule has 0 atom stereocenters. The van der Waals surface area contributed by atoms with E-state index >= 15 is 0 Å². The molecule has 3 rings (SSSR count). The summed E-state index contributed by atoms with van der Waals surface area (Å²) in [6.07, 6.45) is 5.23. The number of ether oxygens (including phenoxy) is 2. The quantitative estimate of drug-likeness (QED) is 0.377. The molecule has 9 heteroatoms. The number of carboxylic acids is 1. The zero-order chi connectivity index (χ0) is 23.5. The standard InChI is InChI=1S/C21H27N5O4.C2H6/c1-3-4-5-9-23-20-19-16(24-21(22)25-20)8-10-26(19)12-14-11-15(30-13-18(27)28)6-7-17(14)29-2;1-2/h6-8,10-11H,3-5,9,12-13H2,1-2H3,(H,27,28)(H3,22,23,24,25);1-2H3. The van der Waals surface area contributed by atoms with Crippen molar-refractivity contribution in [2.24, 2.45) is 0 Å². The Morgan fingerprint density at radius 1 is 1.22 bits per heavy atom. The lowest BCUT2D eigenvalue weighted by atomic mass is 10.2. The first kappa shape index (κ1) is 24.8. The molecule has 174 valence electrons. The van der Waals surface area contributed by atoms with Gasteiger partial charge in [0, 0.05) is 18.3 Å². The van der Waals surface area contributed by atoms with Gasteiger partial charge in [-0.2, -0.15) is 4.98 Å². The van der Waals surface area contributed by atoms with Gasteiger partial charge in [-0.3, -0.25) is 0 Å². The number of aromatic nitrogens is 3. The summed E-state index contributed by atoms with van der Waals surface area (Å²) in [7, 11) is 1.59. The normalized spacial score (nSPS) is 10.4. The van der Waals surface area contributed by atoms with Gasteiger partial charge in [0.25, 0.3) is 0 Å². The summed E-state index contributed by atoms with van der Waals surface area (Å²) in [6, 6.07) is 7.11. The number of nitrogens with zero attached hydrogens (tertiary/aromatic N) is 3. The average Bonchev–Trinajstić information content (AvgIpc) is 3.19. The number of hydrogen-bond donors (Lipinski definition) is 3. The minimum atomic E-state index is -1.03. The number of rotatable bonds is 11. The van der Waals surface area contributed by atoms with E-state index in [0.717, 1.165) is 42.4 Å². The maximum atomic E-state index is 10.8. The molecule has 0 radical (unpaired) electrons. The van der Waals surface area contributed by atoms with Gasteiger partial charge in [0.05, 0.1) is 19.2 Å². The van der Waals surface area contributed by atoms with Crippen LogP contribution in [0.3, 0.4) is 0 Å². The van der Waals surface area contributed by atoms with Crippen LogP contribution in [-0.2, 0) is 11.3 Å². The van der Waals surface area contributed by atoms with E-state index in [1.807, 2.05) is 30.7 Å². The van der Waals surface area contributed by atoms with Crippen LogP contribution in [0.4, 0.5) is 11.8 Å². The molecule has 0 saturated carbocycles. The van der Waals surface area contributed by atoms with E-state index in [9.17, 15) is 4.79 Å². The zero-order valence-corrected chi connectivity index (χ0v) is 19.2. The van der Waals surface area contributed by atoms with Crippen LogP contribution in [0, 0.1) is 0 Å². The molecule has 4 N–H and O–H groups in total. The summed E-state index contributed by atoms with van der Waals surface area (Å²) in [5.41, 5.74) is 8.32. The summed E-state index contributed by atoms with van der Waals surface area (Å²) in [4.78, 5) is 19.5. The van der Waals surface area contributed by atoms with E-state index < -0.39 is 12.6 Å². The minimum Gasteiger partial charge on any atom is -0.496 e. The molecule has 0 aliphatic heterocycles. The second kappa shape index (κ2) is 12.4. The number of nitrogens with two attached hydrogens (primary N) is 1. The molecule has 0 saturated heterocycles. The van der Waals surface area contributed by atoms with E-state index in [2.05, 4.69) is 22.2 Å². The lowest BCUT2D eigenvalue weighted by molar-refractivity contribution is -0.139. The second-order valence-electron chi connectivity index (χ2n) is 6.90. The predicted molar refractivity (Wildman–Crippen MR) is 127 cm³/mol. The number of anilines is 2. The molecule has 2 heterocycles. The first-order valence-corrected chi connectivity index (χ1v) is 10.9. The van der Waals surface area contributed by atoms with Crippen LogP contribution in [0.5, 0.6) is 11.5 Å². The van der Waals surface area contributed by atoms with Gasteiger partial charge in [0.15, 0.2) is 12.4 Å². The van der Waals surface area contributed by atoms with Crippen LogP contribution in [0.25, 0.3) is 11.0 Å². The Balaban J connectivity index is 0.00000176. The number of nitrogens with one attached hydrogen (secondary N) is 1. The van der Waals surface area contributed by atoms with Gasteiger partial charge >= 0.3 is 5.97 Å². The topological polar surface area (TPSA) is 125 Å². The average molecular weight is 444 g/mol. The van der Waals surface area contributed by atoms with Crippen LogP contribution in [-0.4, -0.2) is 45.9 Å². The van der Waals surface area contributed by atoms with Gasteiger partial charge in [-0.1, -0.05) is 33.6 Å². The minimum absolute atomic E-state index is 0.222. The first-order chi connectivity index (χ1) is 15.5. The molecule has 3 aromatic rings. The number of benzene rings is 1. The van der Waals surface area contributed by atoms with Crippen LogP contribution in [0.1, 0.15) is 45.6 Å². The highest BCUT2D eigenvalue weighted by Crippen LogP contribution is 2.28. The maximum Gasteiger partial charge on any atom is 0.341 e. The summed E-state index contributed by atoms with van der Waals surface area (Å²) in [5.74, 6) is 1.02. The molecule has 9 nitrogen and oxygen atoms in total. The molecule has 0 bridgehead atoms. The highest BCUT2D eigenvalue weighted by molar-refractivity contribution is 5.87. The maximum absolute atomic E-state index is 10.8. The smallest absolute Gasteiger partial charge is 0.341 e. The third-order valence-corrected chi connectivity index (χ3v) is 4.66. The molecular formula is C23H33N5O4. The van der Waals surface area contributed by atoms with Crippen molar-refractivity contribution in [3.63, 3.8) is 0 Å². The molecule has 0 unspecified atom stereocenters. The van der Waals surface area contributed by atoms with E-state index in [1.165, 1.54) is 0 Å². The number of fused-ring (bicyclic) bond motifs is 1. The molecule has 0 spiro atoms. The van der Waals surface area contributed by atoms with Gasteiger partial charge in [-0.25, -0.2) is 9.78 Å². The summed E-state index contributed by atoms with van der Waals surface area (Å²) in [5, 5.41) is 12.2. The summed E-state index contributed by atoms with van der Waals surface area (Å²) < 4.78 is 12.8. The number of unbranched alkanes of at least 4 members (excludes halogenated alkanes) is 2. The van der Waals surface area contributed by atoms with Crippen LogP contribution in [0.2, 0.25) is 0 Å². The molecule has 0 aliphatic rings. The van der Waals surface area contributed by atoms with Crippen LogP contribution < -0.4 is 20.5 Å². The van der Waals surface area contributed by atoms with Crippen molar-refractivity contribution in [3.05, 3.63) is 36.0 Å². The van der Waals surface area contributed by atoms with E-state index in [1.54, 1.807) is 25.3 Å². The number of carbonyl (C=O) groups is 1. The molecule has 2 aromatic heterocycles. The Labute approximate surface area is 188 Å². The van der Waals surface area contributed by atoms with Crippen LogP contribution in [0.15, 0.2) is 30.5 Å². The van der Waals surface area contributed by atoms with Crippen molar-refractivity contribution < 1.29 is 19.4 Å². The molecule has 0 amide bonds. The van der Waals surface area contributed by atoms with Crippen molar-refractivity contribution in [3.8, 4) is 11.5 Å². The Morgan fingerprint density at radius 2 is 2.00 bits per heavy atom. The Kier molecular flexibility index (Phi) is 9.59. The highest BCUT2D eigenvalue weighted by atomic mass is 16.5. The Morgan fingerprint density at radius 3 is 2.69 bits per heavy atom. The first-order valence-electron chi connectivity index (χ1n) is 10.9. The van der Waals surface area contributed by atoms with Gasteiger partial charge in [-0.05, 0) is 30.7 Å². The monoisotopic (exact) mass is 443 g/mol. The van der Waals surface area contributed by atoms with Crippen molar-refractivity contribution in [1.29, 1.82) is 0 Å². The summed E-state index contributed by atoms with van der Waals surface area (Å²) in [6.45, 7) is 7.02. The fourth-order valence-electron chi connectivity index (χ4n) is 3.26. The molecule has 0 fully saturated rings. The van der Waals surface area contributed by atoms with Crippen LogP contribution >= 0.6 is 0 Å². The molecule has 0 aliphatic carbocycles. The molecular weight excluding hydrogens is 410 g/mol. The third-order valence-electron chi connectivity index (χ3n) is 4.66. The fraction of sp³-hybridized carbons (Fsp3) is 0.435. The number of carboxylic acid groups (broad SMARTS) is 1. The third kappa shape index (κ3) is 6.50. The van der Waals surface area contributed by atoms with E-state index in [0.29, 0.717) is 23.9 Å². The predicted octanol–water partition coefficient (Wildman–Crippen LogP) is 4.16. The summed E-state index contributed by atoms with van der Waals surface area (Å²) >= 11 is 0. The lowest BCUT2D eigenvalue weighted by Crippen LogP contribution is -2.11. The van der Waals surface area contributed by atoms with E-state index in [-0.39, 0.29) is 5.95 Å². The van der Waals surface area contributed by atoms with Crippen molar-refractivity contribution >= 4 is 28.8 Å². The van der Waals surface area contributed by atoms with Gasteiger partial charge in [-0.15, -0.1) is 0 Å². The van der Waals surface area contributed by atoms with E-state index in [4.69, 9.17) is 20.3 Å². The SMILES string of the molecule is CC.CCCCCNc1nc(N)nc2ccn(Cc3cc(OCC(=O)O)ccc3OC)c12. The largest absolute Gasteiger partial charge is 0.496 e. The van der Waals surface area contributed by atoms with Gasteiger partial charge in [0.1, 0.15) is 17.0 Å². The fourth-order valence-corrected chi connectivity index (χ4v) is 3.26. The number of methoxy groups -OCH3 is 1. The Hall–Kier alpha value is -3.49. The van der Waals surface area contributed by atoms with Gasteiger partial charge in [0.2, 0.25) is 5.95 Å². The highest BCUT2D eigenvalue weighted by Gasteiger charge is 2.14. The van der Waals surface area contributed by atoms with Crippen molar-refractivity contribution in [2.75, 3.05) is 31.3 Å². The number of hydrogen-bond acceptors (Lipinski definition) is 7. The second-order valence-corrected chi connectivity index (χ2v) is 6.90. The zero-order valence-electron chi connectivity index (χ0n) is 19.2. The number of aliphatic carboxylic acids is 1. The van der Waals surface area contributed by atoms with Crippen molar-refractivity contribution in [2.45, 2.75) is 46.6 Å². The Bertz CT molecular complexity index is 1020. The van der Waals surface area contributed by atoms with Crippen molar-refractivity contribution in [1.82, 2.24) is 14.5 Å². The molecule has 32 heavy (non-hydrogen) atoms. The number of nitrogen functional groups attached to an aromatic ring is 1. The lowest BCUT2D eigenvalue weighted by Gasteiger charge is -2.14. The van der Waals surface area contributed by atoms with Gasteiger partial charge < -0.3 is 30.2 Å².